The average molecular weight is 295 g/mol. The maximum absolute atomic E-state index is 12.7. The lowest BCUT2D eigenvalue weighted by atomic mass is 10.3. The van der Waals surface area contributed by atoms with Gasteiger partial charge in [-0.1, -0.05) is 5.21 Å². The van der Waals surface area contributed by atoms with Gasteiger partial charge in [-0.05, 0) is 0 Å². The largest absolute Gasteiger partial charge is 0.476 e. The molecule has 20 heavy (non-hydrogen) atoms. The molecule has 0 radical (unpaired) electrons. The maximum Gasteiger partial charge on any atom is 0.435 e. The molecule has 0 aromatic carbocycles. The van der Waals surface area contributed by atoms with Crippen LogP contribution in [0.2, 0.25) is 0 Å². The highest BCUT2D eigenvalue weighted by atomic mass is 19.4. The summed E-state index contributed by atoms with van der Waals surface area (Å²) in [6.45, 7) is 0.106. The van der Waals surface area contributed by atoms with Crippen LogP contribution in [0.4, 0.5) is 13.2 Å². The SMILES string of the molecule is CC(=O)NNC(=O)Cn1nnc(C(=O)O)c1C(F)(F)F. The minimum Gasteiger partial charge on any atom is -0.476 e. The molecule has 2 amide bonds. The van der Waals surface area contributed by atoms with Crippen molar-refractivity contribution in [2.24, 2.45) is 0 Å². The van der Waals surface area contributed by atoms with E-state index >= 15 is 0 Å². The van der Waals surface area contributed by atoms with Crippen LogP contribution in [0, 0.1) is 0 Å². The van der Waals surface area contributed by atoms with Crippen molar-refractivity contribution in [3.8, 4) is 0 Å². The molecule has 0 unspecified atom stereocenters. The van der Waals surface area contributed by atoms with Crippen LogP contribution in [0.5, 0.6) is 0 Å². The highest BCUT2D eigenvalue weighted by Gasteiger charge is 2.41. The number of nitrogens with zero attached hydrogens (tertiary/aromatic N) is 3. The molecular weight excluding hydrogens is 287 g/mol. The molecule has 0 atom stereocenters. The van der Waals surface area contributed by atoms with Crippen LogP contribution in [0.25, 0.3) is 0 Å². The molecule has 1 heterocycles. The van der Waals surface area contributed by atoms with Crippen molar-refractivity contribution in [2.75, 3.05) is 0 Å². The van der Waals surface area contributed by atoms with Gasteiger partial charge in [0, 0.05) is 6.92 Å². The van der Waals surface area contributed by atoms with Gasteiger partial charge in [-0.15, -0.1) is 5.10 Å². The number of alkyl halides is 3. The summed E-state index contributed by atoms with van der Waals surface area (Å²) >= 11 is 0. The van der Waals surface area contributed by atoms with Crippen LogP contribution in [0.15, 0.2) is 0 Å². The minimum atomic E-state index is -5.05. The number of amides is 2. The second-order valence-electron chi connectivity index (χ2n) is 3.48. The molecule has 1 aromatic heterocycles. The minimum absolute atomic E-state index is 0.0839. The van der Waals surface area contributed by atoms with E-state index in [1.165, 1.54) is 0 Å². The number of carboxylic acids is 1. The number of aromatic nitrogens is 3. The lowest BCUT2D eigenvalue weighted by Gasteiger charge is -2.10. The number of rotatable bonds is 3. The number of carbonyl (C=O) groups excluding carboxylic acids is 2. The lowest BCUT2D eigenvalue weighted by Crippen LogP contribution is -2.42. The van der Waals surface area contributed by atoms with Gasteiger partial charge in [-0.2, -0.15) is 13.2 Å². The van der Waals surface area contributed by atoms with Crippen molar-refractivity contribution in [2.45, 2.75) is 19.6 Å². The molecule has 0 saturated carbocycles. The average Bonchev–Trinajstić information content (AvgIpc) is 2.69. The summed E-state index contributed by atoms with van der Waals surface area (Å²) in [5.74, 6) is -3.60. The number of aromatic carboxylic acids is 1. The normalized spacial score (nSPS) is 11.0. The number of carboxylic acid groups (broad SMARTS) is 1. The predicted octanol–water partition coefficient (Wildman–Crippen LogP) is -0.838. The summed E-state index contributed by atoms with van der Waals surface area (Å²) in [6.07, 6.45) is -5.05. The van der Waals surface area contributed by atoms with Gasteiger partial charge in [0.15, 0.2) is 5.69 Å². The number of carbonyl (C=O) groups is 3. The lowest BCUT2D eigenvalue weighted by molar-refractivity contribution is -0.145. The Labute approximate surface area is 108 Å². The van der Waals surface area contributed by atoms with Crippen LogP contribution < -0.4 is 10.9 Å². The standard InChI is InChI=1S/C8H8F3N5O4/c1-3(17)12-13-4(18)2-16-6(8(9,10)11)5(7(19)20)14-15-16/h2H2,1H3,(H,12,17)(H,13,18)(H,19,20). The zero-order valence-corrected chi connectivity index (χ0v) is 9.85. The molecular formula is C8H8F3N5O4. The van der Waals surface area contributed by atoms with E-state index in [0.29, 0.717) is 0 Å². The molecule has 0 aliphatic carbocycles. The van der Waals surface area contributed by atoms with E-state index in [2.05, 4.69) is 10.3 Å². The van der Waals surface area contributed by atoms with Gasteiger partial charge in [0.2, 0.25) is 11.6 Å². The van der Waals surface area contributed by atoms with Crippen molar-refractivity contribution < 1.29 is 32.7 Å². The van der Waals surface area contributed by atoms with Crippen LogP contribution in [0.3, 0.4) is 0 Å². The molecule has 0 aliphatic rings. The van der Waals surface area contributed by atoms with Gasteiger partial charge < -0.3 is 5.11 Å². The fourth-order valence-corrected chi connectivity index (χ4v) is 1.18. The van der Waals surface area contributed by atoms with Gasteiger partial charge in [0.25, 0.3) is 5.91 Å². The van der Waals surface area contributed by atoms with Gasteiger partial charge in [0.1, 0.15) is 6.54 Å². The molecule has 1 aromatic rings. The number of nitrogens with one attached hydrogen (secondary N) is 2. The molecule has 0 saturated heterocycles. The third-order valence-corrected chi connectivity index (χ3v) is 1.88. The Morgan fingerprint density at radius 3 is 2.35 bits per heavy atom. The van der Waals surface area contributed by atoms with E-state index in [4.69, 9.17) is 5.11 Å². The van der Waals surface area contributed by atoms with Gasteiger partial charge in [-0.25, -0.2) is 9.48 Å². The van der Waals surface area contributed by atoms with E-state index in [0.717, 1.165) is 6.92 Å². The highest BCUT2D eigenvalue weighted by molar-refractivity contribution is 5.87. The Morgan fingerprint density at radius 2 is 1.90 bits per heavy atom. The highest BCUT2D eigenvalue weighted by Crippen LogP contribution is 2.30. The molecule has 1 rings (SSSR count). The quantitative estimate of drug-likeness (QED) is 0.624. The van der Waals surface area contributed by atoms with Crippen molar-refractivity contribution >= 4 is 17.8 Å². The molecule has 0 spiro atoms. The Morgan fingerprint density at radius 1 is 1.30 bits per heavy atom. The number of hydrogen-bond acceptors (Lipinski definition) is 5. The topological polar surface area (TPSA) is 126 Å². The number of halogens is 3. The Kier molecular flexibility index (Phi) is 4.27. The zero-order valence-electron chi connectivity index (χ0n) is 9.85. The second-order valence-corrected chi connectivity index (χ2v) is 3.48. The molecule has 12 heteroatoms. The van der Waals surface area contributed by atoms with Crippen molar-refractivity contribution in [1.82, 2.24) is 25.8 Å². The smallest absolute Gasteiger partial charge is 0.435 e. The van der Waals surface area contributed by atoms with Gasteiger partial charge in [-0.3, -0.25) is 20.4 Å². The fraction of sp³-hybridized carbons (Fsp3) is 0.375. The molecule has 0 fully saturated rings. The fourth-order valence-electron chi connectivity index (χ4n) is 1.18. The predicted molar refractivity (Wildman–Crippen MR) is 53.9 cm³/mol. The summed E-state index contributed by atoms with van der Waals surface area (Å²) in [7, 11) is 0. The van der Waals surface area contributed by atoms with Gasteiger partial charge in [0.05, 0.1) is 0 Å². The Bertz CT molecular complexity index is 553. The first-order valence-corrected chi connectivity index (χ1v) is 4.92. The summed E-state index contributed by atoms with van der Waals surface area (Å²) in [5.41, 5.74) is 0.683. The summed E-state index contributed by atoms with van der Waals surface area (Å²) in [6, 6.07) is 0. The first-order chi connectivity index (χ1) is 9.12. The first kappa shape index (κ1) is 15.4. The van der Waals surface area contributed by atoms with Crippen molar-refractivity contribution in [3.05, 3.63) is 11.4 Å². The Hall–Kier alpha value is -2.66. The summed E-state index contributed by atoms with van der Waals surface area (Å²) in [4.78, 5) is 32.4. The van der Waals surface area contributed by atoms with E-state index in [9.17, 15) is 27.6 Å². The zero-order chi connectivity index (χ0) is 15.5. The van der Waals surface area contributed by atoms with Crippen LogP contribution in [-0.2, 0) is 22.3 Å². The Balaban J connectivity index is 2.99. The number of hydrogen-bond donors (Lipinski definition) is 3. The number of hydrazine groups is 1. The van der Waals surface area contributed by atoms with Crippen LogP contribution in [0.1, 0.15) is 23.1 Å². The monoisotopic (exact) mass is 295 g/mol. The summed E-state index contributed by atoms with van der Waals surface area (Å²) < 4.78 is 38.2. The van der Waals surface area contributed by atoms with Crippen LogP contribution in [-0.4, -0.2) is 37.9 Å². The molecule has 9 nitrogen and oxygen atoms in total. The molecule has 110 valence electrons. The first-order valence-electron chi connectivity index (χ1n) is 4.92. The van der Waals surface area contributed by atoms with E-state index in [1.807, 2.05) is 5.43 Å². The third-order valence-electron chi connectivity index (χ3n) is 1.88. The maximum atomic E-state index is 12.7. The van der Waals surface area contributed by atoms with E-state index in [1.54, 1.807) is 5.43 Å². The summed E-state index contributed by atoms with van der Waals surface area (Å²) in [5, 5.41) is 14.4. The molecule has 0 bridgehead atoms. The second kappa shape index (κ2) is 5.54. The van der Waals surface area contributed by atoms with Crippen molar-refractivity contribution in [3.63, 3.8) is 0 Å². The van der Waals surface area contributed by atoms with Crippen molar-refractivity contribution in [1.29, 1.82) is 0 Å². The third kappa shape index (κ3) is 3.66. The molecule has 0 aliphatic heterocycles. The van der Waals surface area contributed by atoms with Gasteiger partial charge >= 0.3 is 12.1 Å². The van der Waals surface area contributed by atoms with Crippen LogP contribution >= 0.6 is 0 Å². The van der Waals surface area contributed by atoms with E-state index in [-0.39, 0.29) is 4.68 Å². The molecule has 3 N–H and O–H groups in total. The van der Waals surface area contributed by atoms with E-state index < -0.39 is 41.9 Å².